The van der Waals surface area contributed by atoms with Gasteiger partial charge in [0.05, 0.1) is 5.71 Å². The second-order valence-electron chi connectivity index (χ2n) is 16.4. The van der Waals surface area contributed by atoms with E-state index < -0.39 is 0 Å². The Balaban J connectivity index is 0.963. The van der Waals surface area contributed by atoms with Crippen molar-refractivity contribution in [3.63, 3.8) is 0 Å². The highest BCUT2D eigenvalue weighted by molar-refractivity contribution is 6.10. The zero-order chi connectivity index (χ0) is 36.6. The molecule has 262 valence electrons. The van der Waals surface area contributed by atoms with E-state index >= 15 is 0 Å². The van der Waals surface area contributed by atoms with Crippen LogP contribution >= 0.6 is 0 Å². The summed E-state index contributed by atoms with van der Waals surface area (Å²) in [7, 11) is 0. The van der Waals surface area contributed by atoms with Gasteiger partial charge in [-0.3, -0.25) is 4.99 Å². The molecule has 0 amide bonds. The van der Waals surface area contributed by atoms with Gasteiger partial charge in [0.25, 0.3) is 0 Å². The number of aliphatic imine (C=N–C) groups is 1. The molecule has 0 fully saturated rings. The van der Waals surface area contributed by atoms with Crippen LogP contribution in [-0.2, 0) is 10.8 Å². The fourth-order valence-corrected chi connectivity index (χ4v) is 9.36. The maximum absolute atomic E-state index is 5.26. The topological polar surface area (TPSA) is 24.4 Å². The number of fused-ring (bicyclic) bond motifs is 6. The van der Waals surface area contributed by atoms with Crippen LogP contribution in [0.2, 0.25) is 0 Å². The van der Waals surface area contributed by atoms with Crippen molar-refractivity contribution >= 4 is 11.3 Å². The summed E-state index contributed by atoms with van der Waals surface area (Å²) < 4.78 is 0. The summed E-state index contributed by atoms with van der Waals surface area (Å²) >= 11 is 0. The maximum Gasteiger partial charge on any atom is 0.145 e. The Hall–Kier alpha value is -5.99. The first kappa shape index (κ1) is 32.6. The fourth-order valence-electron chi connectivity index (χ4n) is 9.36. The van der Waals surface area contributed by atoms with Crippen LogP contribution in [0.15, 0.2) is 175 Å². The van der Waals surface area contributed by atoms with Crippen LogP contribution in [0.4, 0.5) is 0 Å². The van der Waals surface area contributed by atoms with Crippen molar-refractivity contribution in [2.24, 2.45) is 10.9 Å². The smallest absolute Gasteiger partial charge is 0.145 e. The lowest BCUT2D eigenvalue weighted by molar-refractivity contribution is 0.559. The molecule has 2 nitrogen and oxygen atoms in total. The third kappa shape index (κ3) is 5.19. The zero-order valence-corrected chi connectivity index (χ0v) is 31.4. The SMILES string of the molecule is CC1(C)c2ccccc2-c2cc3c(cc21)C(C)(C)c1cc(-c2ccc(C4=NC(c5ccccc5)NC(C5C=CC(c6ccccc6)=CC5)=C4)cc2)ccc1-3. The molecule has 0 radical (unpaired) electrons. The van der Waals surface area contributed by atoms with Crippen LogP contribution in [0.3, 0.4) is 0 Å². The molecular formula is C52H44N2. The number of nitrogens with one attached hydrogen (secondary N) is 1. The summed E-state index contributed by atoms with van der Waals surface area (Å²) in [6.45, 7) is 9.55. The predicted molar refractivity (Wildman–Crippen MR) is 226 cm³/mol. The van der Waals surface area contributed by atoms with Crippen LogP contribution in [0.25, 0.3) is 39.0 Å². The molecule has 0 saturated heterocycles. The Bertz CT molecular complexity index is 2580. The van der Waals surface area contributed by atoms with Gasteiger partial charge in [0.15, 0.2) is 0 Å². The maximum atomic E-state index is 5.26. The first-order valence-corrected chi connectivity index (χ1v) is 19.3. The van der Waals surface area contributed by atoms with E-state index in [1.54, 1.807) is 0 Å². The highest BCUT2D eigenvalue weighted by Crippen LogP contribution is 2.56. The number of benzene rings is 6. The lowest BCUT2D eigenvalue weighted by Gasteiger charge is -2.29. The van der Waals surface area contributed by atoms with Crippen molar-refractivity contribution < 1.29 is 0 Å². The average molecular weight is 697 g/mol. The van der Waals surface area contributed by atoms with Crippen molar-refractivity contribution in [2.75, 3.05) is 0 Å². The van der Waals surface area contributed by atoms with Gasteiger partial charge in [0, 0.05) is 22.4 Å². The quantitative estimate of drug-likeness (QED) is 0.191. The fraction of sp³-hybridized carbons (Fsp3) is 0.173. The standard InChI is InChI=1S/C52H44N2/c1-51(2)44-18-12-11-17-40(44)42-30-43-41-28-27-39(29-45(41)52(3,4)47(43)31-46(42)51)35-21-25-37(26-22-35)49-32-48(53-50(54-49)38-15-9-6-10-16-38)36-23-19-34(20-24-36)33-13-7-5-8-14-33/h5-23,25-32,36,50,53H,24H2,1-4H3. The molecule has 54 heavy (non-hydrogen) atoms. The summed E-state index contributed by atoms with van der Waals surface area (Å²) in [4.78, 5) is 5.26. The van der Waals surface area contributed by atoms with Crippen molar-refractivity contribution in [3.8, 4) is 33.4 Å². The Labute approximate surface area is 319 Å². The molecule has 4 aliphatic rings. The molecule has 10 rings (SSSR count). The highest BCUT2D eigenvalue weighted by atomic mass is 15.1. The molecule has 3 aliphatic carbocycles. The molecule has 6 aromatic rings. The van der Waals surface area contributed by atoms with Gasteiger partial charge in [-0.05, 0) is 103 Å². The van der Waals surface area contributed by atoms with E-state index in [-0.39, 0.29) is 22.9 Å². The first-order chi connectivity index (χ1) is 26.3. The Morgan fingerprint density at radius 3 is 1.87 bits per heavy atom. The van der Waals surface area contributed by atoms with Crippen LogP contribution in [0.1, 0.15) is 79.2 Å². The van der Waals surface area contributed by atoms with Gasteiger partial charge < -0.3 is 5.32 Å². The molecule has 0 spiro atoms. The van der Waals surface area contributed by atoms with Crippen LogP contribution in [0.5, 0.6) is 0 Å². The van der Waals surface area contributed by atoms with E-state index in [0.29, 0.717) is 0 Å². The summed E-state index contributed by atoms with van der Waals surface area (Å²) in [5, 5.41) is 3.79. The molecule has 2 heteroatoms. The van der Waals surface area contributed by atoms with Crippen LogP contribution < -0.4 is 5.32 Å². The molecule has 0 saturated carbocycles. The summed E-state index contributed by atoms with van der Waals surface area (Å²) in [5.41, 5.74) is 20.6. The molecule has 6 aromatic carbocycles. The minimum absolute atomic E-state index is 0.00940. The third-order valence-corrected chi connectivity index (χ3v) is 12.5. The van der Waals surface area contributed by atoms with Gasteiger partial charge in [-0.15, -0.1) is 0 Å². The molecular weight excluding hydrogens is 653 g/mol. The number of rotatable bonds is 5. The van der Waals surface area contributed by atoms with Gasteiger partial charge in [-0.2, -0.15) is 0 Å². The molecule has 2 atom stereocenters. The van der Waals surface area contributed by atoms with Gasteiger partial charge in [-0.1, -0.05) is 173 Å². The second-order valence-corrected chi connectivity index (χ2v) is 16.4. The average Bonchev–Trinajstić information content (AvgIpc) is 3.59. The van der Waals surface area contributed by atoms with Gasteiger partial charge >= 0.3 is 0 Å². The van der Waals surface area contributed by atoms with Gasteiger partial charge in [-0.25, -0.2) is 0 Å². The largest absolute Gasteiger partial charge is 0.363 e. The summed E-state index contributed by atoms with van der Waals surface area (Å²) in [6, 6.07) is 51.3. The Morgan fingerprint density at radius 1 is 0.537 bits per heavy atom. The Morgan fingerprint density at radius 2 is 1.15 bits per heavy atom. The third-order valence-electron chi connectivity index (χ3n) is 12.5. The molecule has 1 heterocycles. The number of hydrogen-bond donors (Lipinski definition) is 1. The van der Waals surface area contributed by atoms with E-state index in [9.17, 15) is 0 Å². The zero-order valence-electron chi connectivity index (χ0n) is 31.4. The molecule has 2 unspecified atom stereocenters. The first-order valence-electron chi connectivity index (χ1n) is 19.3. The van der Waals surface area contributed by atoms with E-state index in [1.165, 1.54) is 72.5 Å². The van der Waals surface area contributed by atoms with Crippen molar-refractivity contribution in [2.45, 2.75) is 51.1 Å². The monoisotopic (exact) mass is 696 g/mol. The minimum Gasteiger partial charge on any atom is -0.363 e. The molecule has 1 N–H and O–H groups in total. The molecule has 1 aliphatic heterocycles. The van der Waals surface area contributed by atoms with Crippen LogP contribution in [-0.4, -0.2) is 5.71 Å². The summed E-state index contributed by atoms with van der Waals surface area (Å²) in [5.74, 6) is 0.259. The Kier molecular flexibility index (Phi) is 7.43. The van der Waals surface area contributed by atoms with Crippen molar-refractivity contribution in [1.29, 1.82) is 0 Å². The van der Waals surface area contributed by atoms with E-state index in [2.05, 4.69) is 197 Å². The molecule has 0 aromatic heterocycles. The van der Waals surface area contributed by atoms with E-state index in [1.807, 2.05) is 0 Å². The molecule has 0 bridgehead atoms. The van der Waals surface area contributed by atoms with Crippen LogP contribution in [0, 0.1) is 5.92 Å². The van der Waals surface area contributed by atoms with Gasteiger partial charge in [0.1, 0.15) is 6.17 Å². The number of nitrogens with zero attached hydrogens (tertiary/aromatic N) is 1. The van der Waals surface area contributed by atoms with E-state index in [0.717, 1.165) is 23.3 Å². The van der Waals surface area contributed by atoms with Crippen molar-refractivity contribution in [3.05, 3.63) is 208 Å². The minimum atomic E-state index is -0.144. The predicted octanol–water partition coefficient (Wildman–Crippen LogP) is 12.6. The second kappa shape index (κ2) is 12.3. The normalized spacial score (nSPS) is 19.7. The number of hydrogen-bond acceptors (Lipinski definition) is 2. The van der Waals surface area contributed by atoms with E-state index in [4.69, 9.17) is 4.99 Å². The van der Waals surface area contributed by atoms with Crippen molar-refractivity contribution in [1.82, 2.24) is 5.32 Å². The highest BCUT2D eigenvalue weighted by Gasteiger charge is 2.41. The lowest BCUT2D eigenvalue weighted by Crippen LogP contribution is -2.29. The number of allylic oxidation sites excluding steroid dienone is 5. The summed E-state index contributed by atoms with van der Waals surface area (Å²) in [6.07, 6.45) is 10.0. The lowest BCUT2D eigenvalue weighted by atomic mass is 9.77. The van der Waals surface area contributed by atoms with Gasteiger partial charge in [0.2, 0.25) is 0 Å².